The number of rotatable bonds is 6. The number of hydrogen-bond donors (Lipinski definition) is 0. The molecule has 0 atom stereocenters. The van der Waals surface area contributed by atoms with Crippen molar-refractivity contribution in [1.82, 2.24) is 4.57 Å². The third kappa shape index (κ3) is 5.29. The van der Waals surface area contributed by atoms with Crippen LogP contribution in [-0.2, 0) is 10.8 Å². The number of anilines is 3. The molecular weight excluding hydrogens is 749 g/mol. The van der Waals surface area contributed by atoms with Crippen molar-refractivity contribution in [3.8, 4) is 50.2 Å². The van der Waals surface area contributed by atoms with E-state index in [1.807, 2.05) is 0 Å². The molecule has 0 N–H and O–H groups in total. The molecule has 1 heterocycles. The highest BCUT2D eigenvalue weighted by molar-refractivity contribution is 6.11. The largest absolute Gasteiger partial charge is 0.310 e. The number of benzene rings is 9. The number of fused-ring (bicyclic) bond motifs is 9. The second-order valence-electron chi connectivity index (χ2n) is 18.1. The van der Waals surface area contributed by atoms with Gasteiger partial charge in [0.05, 0.1) is 16.7 Å². The van der Waals surface area contributed by atoms with Crippen molar-refractivity contribution < 1.29 is 0 Å². The Morgan fingerprint density at radius 2 is 0.935 bits per heavy atom. The Bertz CT molecular complexity index is 3420. The summed E-state index contributed by atoms with van der Waals surface area (Å²) in [6.07, 6.45) is 0. The lowest BCUT2D eigenvalue weighted by atomic mass is 9.81. The van der Waals surface area contributed by atoms with Crippen LogP contribution in [0, 0.1) is 0 Å². The van der Waals surface area contributed by atoms with E-state index in [2.05, 4.69) is 243 Å². The lowest BCUT2D eigenvalue weighted by Crippen LogP contribution is -2.15. The van der Waals surface area contributed by atoms with Gasteiger partial charge < -0.3 is 9.47 Å². The minimum absolute atomic E-state index is 0.0831. The summed E-state index contributed by atoms with van der Waals surface area (Å²) in [6, 6.07) is 76.6. The van der Waals surface area contributed by atoms with Crippen molar-refractivity contribution >= 4 is 38.9 Å². The Morgan fingerprint density at radius 1 is 0.355 bits per heavy atom. The maximum atomic E-state index is 2.49. The summed E-state index contributed by atoms with van der Waals surface area (Å²) in [4.78, 5) is 2.49. The van der Waals surface area contributed by atoms with Crippen LogP contribution >= 0.6 is 0 Å². The monoisotopic (exact) mass is 794 g/mol. The molecule has 0 saturated carbocycles. The zero-order valence-electron chi connectivity index (χ0n) is 35.5. The average Bonchev–Trinajstić information content (AvgIpc) is 3.86. The fourth-order valence-corrected chi connectivity index (χ4v) is 11.0. The number of para-hydroxylation sites is 3. The highest BCUT2D eigenvalue weighted by atomic mass is 15.1. The molecule has 62 heavy (non-hydrogen) atoms. The molecule has 0 unspecified atom stereocenters. The molecule has 12 rings (SSSR count). The minimum atomic E-state index is -0.105. The average molecular weight is 795 g/mol. The lowest BCUT2D eigenvalue weighted by molar-refractivity contribution is 0.660. The summed E-state index contributed by atoms with van der Waals surface area (Å²) in [5.74, 6) is 0. The Labute approximate surface area is 364 Å². The Hall–Kier alpha value is -7.42. The van der Waals surface area contributed by atoms with E-state index in [1.54, 1.807) is 0 Å². The first-order valence-electron chi connectivity index (χ1n) is 21.9. The molecule has 0 saturated heterocycles. The molecule has 2 heteroatoms. The van der Waals surface area contributed by atoms with Gasteiger partial charge in [0.1, 0.15) is 0 Å². The van der Waals surface area contributed by atoms with E-state index < -0.39 is 0 Å². The molecule has 10 aromatic rings. The van der Waals surface area contributed by atoms with Gasteiger partial charge in [-0.05, 0) is 116 Å². The molecule has 2 aliphatic rings. The second-order valence-corrected chi connectivity index (χ2v) is 18.1. The van der Waals surface area contributed by atoms with Gasteiger partial charge in [0.25, 0.3) is 0 Å². The molecule has 0 amide bonds. The van der Waals surface area contributed by atoms with Gasteiger partial charge in [-0.3, -0.25) is 0 Å². The smallest absolute Gasteiger partial charge is 0.0561 e. The van der Waals surface area contributed by atoms with E-state index in [9.17, 15) is 0 Å². The number of hydrogen-bond acceptors (Lipinski definition) is 1. The normalized spacial score (nSPS) is 14.1. The Kier molecular flexibility index (Phi) is 7.96. The van der Waals surface area contributed by atoms with Crippen molar-refractivity contribution in [2.75, 3.05) is 4.90 Å². The van der Waals surface area contributed by atoms with Crippen molar-refractivity contribution in [2.45, 2.75) is 38.5 Å². The van der Waals surface area contributed by atoms with E-state index in [-0.39, 0.29) is 10.8 Å². The SMILES string of the molecule is CC1(C)c2ccccc2-c2ccc(-c3cccc(N(c4ccc5c6ccccc6n(-c6ccccc6)c5c4)c4ccccc4-c4cccc5c4-c4ccccc4C5(C)C)c3)cc21. The second kappa shape index (κ2) is 13.5. The molecule has 0 radical (unpaired) electrons. The zero-order valence-corrected chi connectivity index (χ0v) is 35.5. The summed E-state index contributed by atoms with van der Waals surface area (Å²) >= 11 is 0. The summed E-state index contributed by atoms with van der Waals surface area (Å²) in [6.45, 7) is 9.46. The molecule has 0 aliphatic heterocycles. The van der Waals surface area contributed by atoms with Crippen LogP contribution in [0.25, 0.3) is 72.0 Å². The molecule has 0 bridgehead atoms. The fraction of sp³-hybridized carbons (Fsp3) is 0.100. The van der Waals surface area contributed by atoms with E-state index in [0.717, 1.165) is 22.7 Å². The van der Waals surface area contributed by atoms with Crippen LogP contribution in [0.2, 0.25) is 0 Å². The molecular formula is C60H46N2. The van der Waals surface area contributed by atoms with E-state index in [4.69, 9.17) is 0 Å². The van der Waals surface area contributed by atoms with Gasteiger partial charge in [-0.25, -0.2) is 0 Å². The molecule has 2 aliphatic carbocycles. The standard InChI is InChI=1S/C60H46N2/c1-59(2)52-28-13-9-25-50(52)58-49(26-17-29-53(58)59)47-24-11-14-30-55(47)61(43-33-35-48-46-23-10-15-31-56(46)62(57(48)38-43)41-19-6-5-7-20-41)42-21-16-18-39(36-42)40-32-34-45-44-22-8-12-27-51(44)60(3,4)54(45)37-40/h5-38H,1-4H3. The van der Waals surface area contributed by atoms with Gasteiger partial charge in [0, 0.05) is 44.2 Å². The highest BCUT2D eigenvalue weighted by Crippen LogP contribution is 2.54. The molecule has 2 nitrogen and oxygen atoms in total. The number of aromatic nitrogens is 1. The van der Waals surface area contributed by atoms with Crippen molar-refractivity contribution in [1.29, 1.82) is 0 Å². The van der Waals surface area contributed by atoms with Gasteiger partial charge in [0.15, 0.2) is 0 Å². The van der Waals surface area contributed by atoms with Gasteiger partial charge in [0.2, 0.25) is 0 Å². The van der Waals surface area contributed by atoms with Crippen molar-refractivity contribution in [3.63, 3.8) is 0 Å². The van der Waals surface area contributed by atoms with Crippen LogP contribution in [-0.4, -0.2) is 4.57 Å². The zero-order chi connectivity index (χ0) is 41.7. The molecule has 9 aromatic carbocycles. The summed E-state index contributed by atoms with van der Waals surface area (Å²) in [5, 5.41) is 2.48. The van der Waals surface area contributed by atoms with Crippen LogP contribution in [0.15, 0.2) is 206 Å². The maximum absolute atomic E-state index is 2.49. The molecule has 0 fully saturated rings. The third-order valence-electron chi connectivity index (χ3n) is 14.0. The van der Waals surface area contributed by atoms with Gasteiger partial charge in [-0.2, -0.15) is 0 Å². The van der Waals surface area contributed by atoms with Crippen molar-refractivity contribution in [3.05, 3.63) is 229 Å². The quantitative estimate of drug-likeness (QED) is 0.163. The topological polar surface area (TPSA) is 8.17 Å². The maximum Gasteiger partial charge on any atom is 0.0561 e. The van der Waals surface area contributed by atoms with Gasteiger partial charge >= 0.3 is 0 Å². The van der Waals surface area contributed by atoms with Gasteiger partial charge in [-0.15, -0.1) is 0 Å². The summed E-state index contributed by atoms with van der Waals surface area (Å²) in [7, 11) is 0. The first-order chi connectivity index (χ1) is 30.3. The highest BCUT2D eigenvalue weighted by Gasteiger charge is 2.38. The number of nitrogens with zero attached hydrogens (tertiary/aromatic N) is 2. The van der Waals surface area contributed by atoms with Crippen LogP contribution in [0.1, 0.15) is 49.9 Å². The van der Waals surface area contributed by atoms with Crippen LogP contribution in [0.5, 0.6) is 0 Å². The Balaban J connectivity index is 1.09. The predicted molar refractivity (Wildman–Crippen MR) is 261 cm³/mol. The molecule has 296 valence electrons. The first kappa shape index (κ1) is 36.4. The van der Waals surface area contributed by atoms with E-state index >= 15 is 0 Å². The first-order valence-corrected chi connectivity index (χ1v) is 21.9. The third-order valence-corrected chi connectivity index (χ3v) is 14.0. The van der Waals surface area contributed by atoms with E-state index in [0.29, 0.717) is 0 Å². The van der Waals surface area contributed by atoms with Crippen LogP contribution in [0.4, 0.5) is 17.1 Å². The Morgan fingerprint density at radius 3 is 1.77 bits per heavy atom. The molecule has 1 aromatic heterocycles. The van der Waals surface area contributed by atoms with Gasteiger partial charge in [-0.1, -0.05) is 179 Å². The van der Waals surface area contributed by atoms with Crippen LogP contribution in [0.3, 0.4) is 0 Å². The molecule has 0 spiro atoms. The fourth-order valence-electron chi connectivity index (χ4n) is 11.0. The minimum Gasteiger partial charge on any atom is -0.310 e. The summed E-state index contributed by atoms with van der Waals surface area (Å²) in [5.41, 5.74) is 22.4. The lowest BCUT2D eigenvalue weighted by Gasteiger charge is -2.29. The van der Waals surface area contributed by atoms with Crippen LogP contribution < -0.4 is 4.90 Å². The predicted octanol–water partition coefficient (Wildman–Crippen LogP) is 16.2. The van der Waals surface area contributed by atoms with Crippen molar-refractivity contribution in [2.24, 2.45) is 0 Å². The summed E-state index contributed by atoms with van der Waals surface area (Å²) < 4.78 is 2.42. The van der Waals surface area contributed by atoms with E-state index in [1.165, 1.54) is 88.6 Å².